The maximum Gasteiger partial charge on any atom is 0.235 e. The molecule has 0 atom stereocenters. The van der Waals surface area contributed by atoms with E-state index >= 15 is 0 Å². The molecule has 51 heavy (non-hydrogen) atoms. The smallest absolute Gasteiger partial charge is 0.235 e. The van der Waals surface area contributed by atoms with Gasteiger partial charge in [0.25, 0.3) is 0 Å². The Balaban J connectivity index is 1.26. The fourth-order valence-corrected chi connectivity index (χ4v) is 8.85. The fourth-order valence-electron chi connectivity index (χ4n) is 8.85. The Morgan fingerprint density at radius 2 is 1.04 bits per heavy atom. The lowest BCUT2D eigenvalue weighted by Gasteiger charge is -2.23. The van der Waals surface area contributed by atoms with Gasteiger partial charge < -0.3 is 4.57 Å². The van der Waals surface area contributed by atoms with E-state index in [1.54, 1.807) is 0 Å². The highest BCUT2D eigenvalue weighted by molar-refractivity contribution is 6.12. The Morgan fingerprint density at radius 1 is 0.471 bits per heavy atom. The summed E-state index contributed by atoms with van der Waals surface area (Å²) in [6, 6.07) is 56.7. The van der Waals surface area contributed by atoms with Gasteiger partial charge in [0, 0.05) is 43.8 Å². The number of rotatable bonds is 3. The van der Waals surface area contributed by atoms with E-state index in [0.29, 0.717) is 5.95 Å². The summed E-state index contributed by atoms with van der Waals surface area (Å²) >= 11 is 0. The molecule has 3 heterocycles. The summed E-state index contributed by atoms with van der Waals surface area (Å²) in [6.45, 7) is 4.65. The standard InChI is InChI=1S/C47H32N4/c1-47(2)43-32-17-7-6-14-29(32)24-26-36(43)42-44(48-46(49-45(42)47)51-39-22-12-8-18-33(39)34-19-9-13-23-40(34)51)30-25-27-41-37(28-30)35-20-10-11-21-38(35)50(41)31-15-4-3-5-16-31/h3-28H,1-2H3. The second kappa shape index (κ2) is 10.3. The molecule has 0 saturated heterocycles. The average molecular weight is 653 g/mol. The number of para-hydroxylation sites is 4. The molecule has 7 aromatic carbocycles. The van der Waals surface area contributed by atoms with E-state index in [2.05, 4.69) is 181 Å². The molecule has 0 amide bonds. The van der Waals surface area contributed by atoms with Crippen molar-refractivity contribution < 1.29 is 0 Å². The van der Waals surface area contributed by atoms with E-state index in [1.165, 1.54) is 54.5 Å². The quantitative estimate of drug-likeness (QED) is 0.190. The number of nitrogens with zero attached hydrogens (tertiary/aromatic N) is 4. The van der Waals surface area contributed by atoms with Crippen molar-refractivity contribution in [1.82, 2.24) is 19.1 Å². The summed E-state index contributed by atoms with van der Waals surface area (Å²) in [5.41, 5.74) is 12.1. The lowest BCUT2D eigenvalue weighted by Crippen LogP contribution is -2.19. The van der Waals surface area contributed by atoms with Crippen LogP contribution >= 0.6 is 0 Å². The van der Waals surface area contributed by atoms with Gasteiger partial charge >= 0.3 is 0 Å². The fraction of sp³-hybridized carbons (Fsp3) is 0.0638. The zero-order chi connectivity index (χ0) is 33.8. The van der Waals surface area contributed by atoms with Crippen LogP contribution in [0.5, 0.6) is 0 Å². The van der Waals surface area contributed by atoms with Gasteiger partial charge in [0.05, 0.1) is 33.5 Å². The molecule has 4 heteroatoms. The van der Waals surface area contributed by atoms with Crippen molar-refractivity contribution in [3.63, 3.8) is 0 Å². The second-order valence-corrected chi connectivity index (χ2v) is 14.2. The summed E-state index contributed by atoms with van der Waals surface area (Å²) in [5.74, 6) is 0.693. The molecule has 1 aliphatic carbocycles. The molecule has 11 rings (SSSR count). The molecule has 0 fully saturated rings. The van der Waals surface area contributed by atoms with Crippen LogP contribution in [0.25, 0.3) is 88.4 Å². The highest BCUT2D eigenvalue weighted by Crippen LogP contribution is 2.54. The lowest BCUT2D eigenvalue weighted by atomic mass is 9.82. The zero-order valence-electron chi connectivity index (χ0n) is 28.3. The molecule has 0 bridgehead atoms. The van der Waals surface area contributed by atoms with E-state index in [1.807, 2.05) is 0 Å². The van der Waals surface area contributed by atoms with Gasteiger partial charge in [0.15, 0.2) is 0 Å². The van der Waals surface area contributed by atoms with Gasteiger partial charge in [-0.2, -0.15) is 0 Å². The predicted molar refractivity (Wildman–Crippen MR) is 211 cm³/mol. The van der Waals surface area contributed by atoms with Gasteiger partial charge in [-0.1, -0.05) is 129 Å². The van der Waals surface area contributed by atoms with Crippen molar-refractivity contribution in [2.75, 3.05) is 0 Å². The molecule has 0 aliphatic heterocycles. The number of hydrogen-bond donors (Lipinski definition) is 0. The van der Waals surface area contributed by atoms with Crippen LogP contribution in [-0.2, 0) is 5.41 Å². The molecule has 0 saturated carbocycles. The first-order valence-electron chi connectivity index (χ1n) is 17.6. The molecule has 1 aliphatic rings. The zero-order valence-corrected chi connectivity index (χ0v) is 28.3. The van der Waals surface area contributed by atoms with Crippen molar-refractivity contribution >= 4 is 54.4 Å². The molecule has 0 spiro atoms. The van der Waals surface area contributed by atoms with Crippen molar-refractivity contribution in [2.45, 2.75) is 19.3 Å². The Morgan fingerprint density at radius 3 is 1.75 bits per heavy atom. The number of aromatic nitrogens is 4. The SMILES string of the molecule is CC1(C)c2nc(-n3c4ccccc4c4ccccc43)nc(-c3ccc4c(c3)c3ccccc3n4-c3ccccc3)c2-c2ccc3ccccc3c21. The van der Waals surface area contributed by atoms with Crippen molar-refractivity contribution in [2.24, 2.45) is 0 Å². The summed E-state index contributed by atoms with van der Waals surface area (Å²) in [6.07, 6.45) is 0. The van der Waals surface area contributed by atoms with Gasteiger partial charge in [-0.3, -0.25) is 4.57 Å². The first-order valence-corrected chi connectivity index (χ1v) is 17.6. The topological polar surface area (TPSA) is 35.6 Å². The lowest BCUT2D eigenvalue weighted by molar-refractivity contribution is 0.637. The average Bonchev–Trinajstić information content (AvgIpc) is 3.78. The minimum Gasteiger partial charge on any atom is -0.309 e. The summed E-state index contributed by atoms with van der Waals surface area (Å²) < 4.78 is 4.62. The normalized spacial score (nSPS) is 13.5. The Bertz CT molecular complexity index is 3000. The predicted octanol–water partition coefficient (Wildman–Crippen LogP) is 11.8. The molecule has 0 radical (unpaired) electrons. The summed E-state index contributed by atoms with van der Waals surface area (Å²) in [7, 11) is 0. The number of fused-ring (bicyclic) bond motifs is 11. The maximum atomic E-state index is 5.60. The van der Waals surface area contributed by atoms with Gasteiger partial charge in [0.1, 0.15) is 0 Å². The summed E-state index contributed by atoms with van der Waals surface area (Å²) in [5, 5.41) is 7.32. The minimum absolute atomic E-state index is 0.357. The monoisotopic (exact) mass is 652 g/mol. The van der Waals surface area contributed by atoms with E-state index in [0.717, 1.165) is 39.2 Å². The molecular weight excluding hydrogens is 621 g/mol. The van der Waals surface area contributed by atoms with Crippen molar-refractivity contribution in [3.8, 4) is 34.0 Å². The van der Waals surface area contributed by atoms with Crippen LogP contribution in [0.3, 0.4) is 0 Å². The molecular formula is C47H32N4. The van der Waals surface area contributed by atoms with Crippen LogP contribution in [0, 0.1) is 0 Å². The van der Waals surface area contributed by atoms with E-state index in [-0.39, 0.29) is 5.41 Å². The van der Waals surface area contributed by atoms with Gasteiger partial charge in [-0.25, -0.2) is 9.97 Å². The van der Waals surface area contributed by atoms with Crippen LogP contribution in [0.2, 0.25) is 0 Å². The number of benzene rings is 7. The first-order chi connectivity index (χ1) is 25.1. The number of hydrogen-bond acceptors (Lipinski definition) is 2. The molecule has 0 N–H and O–H groups in total. The molecule has 4 nitrogen and oxygen atoms in total. The van der Waals surface area contributed by atoms with Crippen LogP contribution in [0.1, 0.15) is 25.1 Å². The first kappa shape index (κ1) is 28.3. The van der Waals surface area contributed by atoms with Crippen molar-refractivity contribution in [1.29, 1.82) is 0 Å². The third kappa shape index (κ3) is 3.85. The molecule has 240 valence electrons. The maximum absolute atomic E-state index is 5.60. The Kier molecular flexibility index (Phi) is 5.70. The molecule has 0 unspecified atom stereocenters. The van der Waals surface area contributed by atoms with Crippen LogP contribution in [0.15, 0.2) is 158 Å². The van der Waals surface area contributed by atoms with Gasteiger partial charge in [0.2, 0.25) is 5.95 Å². The highest BCUT2D eigenvalue weighted by atomic mass is 15.2. The molecule has 3 aromatic heterocycles. The third-order valence-electron chi connectivity index (χ3n) is 11.1. The van der Waals surface area contributed by atoms with Crippen LogP contribution in [-0.4, -0.2) is 19.1 Å². The Hall–Kier alpha value is -6.52. The van der Waals surface area contributed by atoms with E-state index in [4.69, 9.17) is 9.97 Å². The second-order valence-electron chi connectivity index (χ2n) is 14.2. The van der Waals surface area contributed by atoms with Gasteiger partial charge in [-0.05, 0) is 64.4 Å². The van der Waals surface area contributed by atoms with E-state index < -0.39 is 0 Å². The Labute approximate surface area is 294 Å². The van der Waals surface area contributed by atoms with E-state index in [9.17, 15) is 0 Å². The van der Waals surface area contributed by atoms with Gasteiger partial charge in [-0.15, -0.1) is 0 Å². The highest BCUT2D eigenvalue weighted by Gasteiger charge is 2.41. The molecule has 10 aromatic rings. The summed E-state index contributed by atoms with van der Waals surface area (Å²) in [4.78, 5) is 11.2. The van der Waals surface area contributed by atoms with Crippen molar-refractivity contribution in [3.05, 3.63) is 169 Å². The largest absolute Gasteiger partial charge is 0.309 e. The van der Waals surface area contributed by atoms with Crippen LogP contribution < -0.4 is 0 Å². The third-order valence-corrected chi connectivity index (χ3v) is 11.1. The van der Waals surface area contributed by atoms with Crippen LogP contribution in [0.4, 0.5) is 0 Å². The minimum atomic E-state index is -0.357.